The summed E-state index contributed by atoms with van der Waals surface area (Å²) >= 11 is 0. The SMILES string of the molecule is COC1=C(OC)C(=O)C(Cc2ccc(O)c(C(=O)Nc3ccc(C(=O)OC(C)(C)C)cc3)c2)=C(C)C1=O. The Balaban J connectivity index is 1.80. The number of aromatic hydroxyl groups is 1. The molecular formula is C28H29NO8. The van der Waals surface area contributed by atoms with Crippen LogP contribution in [0.1, 0.15) is 54.0 Å². The second-order valence-electron chi connectivity index (χ2n) is 9.39. The van der Waals surface area contributed by atoms with Crippen molar-refractivity contribution in [1.29, 1.82) is 0 Å². The molecule has 0 heterocycles. The molecule has 9 heteroatoms. The van der Waals surface area contributed by atoms with Gasteiger partial charge in [0.2, 0.25) is 23.1 Å². The van der Waals surface area contributed by atoms with Gasteiger partial charge in [0.15, 0.2) is 0 Å². The Kier molecular flexibility index (Phi) is 7.86. The minimum Gasteiger partial charge on any atom is -0.507 e. The second kappa shape index (κ2) is 10.7. The normalized spacial score (nSPS) is 14.0. The van der Waals surface area contributed by atoms with Crippen LogP contribution in [-0.4, -0.2) is 48.4 Å². The molecule has 2 aromatic carbocycles. The van der Waals surface area contributed by atoms with Gasteiger partial charge in [-0.05, 0) is 69.7 Å². The van der Waals surface area contributed by atoms with Crippen molar-refractivity contribution in [2.75, 3.05) is 19.5 Å². The topological polar surface area (TPSA) is 128 Å². The smallest absolute Gasteiger partial charge is 0.338 e. The third-order valence-corrected chi connectivity index (χ3v) is 5.56. The third-order valence-electron chi connectivity index (χ3n) is 5.56. The van der Waals surface area contributed by atoms with E-state index in [2.05, 4.69) is 5.32 Å². The zero-order valence-electron chi connectivity index (χ0n) is 21.6. The number of benzene rings is 2. The molecule has 0 aliphatic heterocycles. The zero-order valence-corrected chi connectivity index (χ0v) is 21.6. The lowest BCUT2D eigenvalue weighted by atomic mass is 9.88. The van der Waals surface area contributed by atoms with Crippen molar-refractivity contribution in [2.45, 2.75) is 39.7 Å². The molecule has 0 radical (unpaired) electrons. The van der Waals surface area contributed by atoms with E-state index >= 15 is 0 Å². The van der Waals surface area contributed by atoms with E-state index in [1.165, 1.54) is 45.4 Å². The Labute approximate surface area is 214 Å². The number of Topliss-reactive ketones (excluding diaryl/α,β-unsaturated/α-hetero) is 2. The number of ether oxygens (including phenoxy) is 3. The fourth-order valence-corrected chi connectivity index (χ4v) is 3.71. The molecule has 0 aromatic heterocycles. The maximum atomic E-state index is 12.9. The average molecular weight is 508 g/mol. The molecule has 37 heavy (non-hydrogen) atoms. The van der Waals surface area contributed by atoms with Crippen LogP contribution in [0.25, 0.3) is 0 Å². The predicted molar refractivity (Wildman–Crippen MR) is 135 cm³/mol. The van der Waals surface area contributed by atoms with Crippen molar-refractivity contribution in [3.05, 3.63) is 81.8 Å². The number of nitrogens with one attached hydrogen (secondary N) is 1. The van der Waals surface area contributed by atoms with Gasteiger partial charge >= 0.3 is 5.97 Å². The number of ketones is 2. The fraction of sp³-hybridized carbons (Fsp3) is 0.286. The molecule has 194 valence electrons. The van der Waals surface area contributed by atoms with Crippen LogP contribution in [0.3, 0.4) is 0 Å². The monoisotopic (exact) mass is 507 g/mol. The molecule has 0 unspecified atom stereocenters. The van der Waals surface area contributed by atoms with Gasteiger partial charge in [-0.1, -0.05) is 6.07 Å². The number of phenolic OH excluding ortho intramolecular Hbond substituents is 1. The molecule has 2 N–H and O–H groups in total. The Morgan fingerprint density at radius 1 is 0.919 bits per heavy atom. The lowest BCUT2D eigenvalue weighted by molar-refractivity contribution is -0.121. The quantitative estimate of drug-likeness (QED) is 0.423. The standard InChI is InChI=1S/C28H29NO8/c1-15-19(23(32)25(36-6)24(35-5)22(15)31)13-16-7-12-21(30)20(14-16)26(33)29-18-10-8-17(9-11-18)27(34)37-28(2,3)4/h7-12,14,30H,13H2,1-6H3,(H,29,33). The molecule has 0 spiro atoms. The van der Waals surface area contributed by atoms with Gasteiger partial charge in [-0.15, -0.1) is 0 Å². The van der Waals surface area contributed by atoms with Gasteiger partial charge in [0.25, 0.3) is 5.91 Å². The zero-order chi connectivity index (χ0) is 27.5. The minimum atomic E-state index is -0.635. The van der Waals surface area contributed by atoms with Gasteiger partial charge in [-0.2, -0.15) is 0 Å². The van der Waals surface area contributed by atoms with Crippen molar-refractivity contribution in [3.63, 3.8) is 0 Å². The molecule has 1 aliphatic carbocycles. The van der Waals surface area contributed by atoms with E-state index in [1.807, 2.05) is 0 Å². The molecule has 0 bridgehead atoms. The van der Waals surface area contributed by atoms with Crippen LogP contribution in [0, 0.1) is 0 Å². The molecule has 0 saturated carbocycles. The van der Waals surface area contributed by atoms with Gasteiger partial charge in [0.1, 0.15) is 11.4 Å². The van der Waals surface area contributed by atoms with Gasteiger partial charge < -0.3 is 24.6 Å². The molecule has 2 aromatic rings. The van der Waals surface area contributed by atoms with Crippen molar-refractivity contribution in [1.82, 2.24) is 0 Å². The second-order valence-corrected chi connectivity index (χ2v) is 9.39. The maximum absolute atomic E-state index is 12.9. The average Bonchev–Trinajstić information content (AvgIpc) is 2.84. The Morgan fingerprint density at radius 3 is 2.08 bits per heavy atom. The van der Waals surface area contributed by atoms with Crippen molar-refractivity contribution >= 4 is 29.1 Å². The molecule has 1 aliphatic rings. The summed E-state index contributed by atoms with van der Waals surface area (Å²) in [6, 6.07) is 10.5. The summed E-state index contributed by atoms with van der Waals surface area (Å²) in [4.78, 5) is 50.7. The molecular weight excluding hydrogens is 478 g/mol. The lowest BCUT2D eigenvalue weighted by Crippen LogP contribution is -2.26. The maximum Gasteiger partial charge on any atom is 0.338 e. The first-order valence-corrected chi connectivity index (χ1v) is 11.4. The number of allylic oxidation sites excluding steroid dienone is 2. The summed E-state index contributed by atoms with van der Waals surface area (Å²) in [5, 5.41) is 13.0. The molecule has 0 saturated heterocycles. The summed E-state index contributed by atoms with van der Waals surface area (Å²) in [7, 11) is 2.56. The first-order chi connectivity index (χ1) is 17.4. The summed E-state index contributed by atoms with van der Waals surface area (Å²) in [5.41, 5.74) is 1.01. The number of methoxy groups -OCH3 is 2. The van der Waals surface area contributed by atoms with E-state index < -0.39 is 29.0 Å². The molecule has 9 nitrogen and oxygen atoms in total. The number of amides is 1. The number of esters is 1. The van der Waals surface area contributed by atoms with E-state index in [0.717, 1.165) is 0 Å². The number of hydrogen-bond acceptors (Lipinski definition) is 8. The highest BCUT2D eigenvalue weighted by atomic mass is 16.6. The number of anilines is 1. The van der Waals surface area contributed by atoms with Crippen molar-refractivity contribution < 1.29 is 38.5 Å². The lowest BCUT2D eigenvalue weighted by Gasteiger charge is -2.20. The van der Waals surface area contributed by atoms with Gasteiger partial charge in [0.05, 0.1) is 25.3 Å². The number of carbonyl (C=O) groups is 4. The number of rotatable bonds is 7. The number of phenols is 1. The van der Waals surface area contributed by atoms with Gasteiger partial charge in [0, 0.05) is 23.3 Å². The van der Waals surface area contributed by atoms with Crippen LogP contribution in [0.15, 0.2) is 65.1 Å². The molecule has 0 atom stereocenters. The predicted octanol–water partition coefficient (Wildman–Crippen LogP) is 4.12. The van der Waals surface area contributed by atoms with Crippen LogP contribution < -0.4 is 5.32 Å². The highest BCUT2D eigenvalue weighted by molar-refractivity contribution is 6.23. The Bertz CT molecular complexity index is 1330. The highest BCUT2D eigenvalue weighted by Gasteiger charge is 2.34. The van der Waals surface area contributed by atoms with Crippen LogP contribution >= 0.6 is 0 Å². The molecule has 3 rings (SSSR count). The Morgan fingerprint density at radius 2 is 1.51 bits per heavy atom. The van der Waals surface area contributed by atoms with Crippen molar-refractivity contribution in [3.8, 4) is 5.75 Å². The van der Waals surface area contributed by atoms with Crippen LogP contribution in [-0.2, 0) is 30.2 Å². The van der Waals surface area contributed by atoms with Crippen LogP contribution in [0.5, 0.6) is 5.75 Å². The summed E-state index contributed by atoms with van der Waals surface area (Å²) in [6.07, 6.45) is 0.0331. The van der Waals surface area contributed by atoms with Crippen molar-refractivity contribution in [2.24, 2.45) is 0 Å². The van der Waals surface area contributed by atoms with Crippen LogP contribution in [0.4, 0.5) is 5.69 Å². The summed E-state index contributed by atoms with van der Waals surface area (Å²) < 4.78 is 15.5. The number of hydrogen-bond donors (Lipinski definition) is 2. The largest absolute Gasteiger partial charge is 0.507 e. The van der Waals surface area contributed by atoms with E-state index in [9.17, 15) is 24.3 Å². The summed E-state index contributed by atoms with van der Waals surface area (Å²) in [5.74, 6) is -2.62. The summed E-state index contributed by atoms with van der Waals surface area (Å²) in [6.45, 7) is 6.83. The van der Waals surface area contributed by atoms with Gasteiger partial charge in [-0.25, -0.2) is 4.79 Å². The Hall–Kier alpha value is -4.40. The van der Waals surface area contributed by atoms with Gasteiger partial charge in [-0.3, -0.25) is 14.4 Å². The van der Waals surface area contributed by atoms with Crippen LogP contribution in [0.2, 0.25) is 0 Å². The third kappa shape index (κ3) is 6.06. The highest BCUT2D eigenvalue weighted by Crippen LogP contribution is 2.29. The van der Waals surface area contributed by atoms with E-state index in [0.29, 0.717) is 16.8 Å². The van der Waals surface area contributed by atoms with E-state index in [4.69, 9.17) is 14.2 Å². The number of carbonyl (C=O) groups excluding carboxylic acids is 4. The first-order valence-electron chi connectivity index (χ1n) is 11.4. The molecule has 0 fully saturated rings. The minimum absolute atomic E-state index is 0.0263. The van der Waals surface area contributed by atoms with E-state index in [-0.39, 0.29) is 40.4 Å². The first kappa shape index (κ1) is 27.2. The fourth-order valence-electron chi connectivity index (χ4n) is 3.71. The van der Waals surface area contributed by atoms with E-state index in [1.54, 1.807) is 39.0 Å². The molecule has 1 amide bonds.